The van der Waals surface area contributed by atoms with E-state index in [1.54, 1.807) is 12.1 Å². The van der Waals surface area contributed by atoms with Gasteiger partial charge in [0, 0.05) is 5.56 Å². The monoisotopic (exact) mass is 366 g/mol. The molecule has 0 radical (unpaired) electrons. The van der Waals surface area contributed by atoms with Crippen LogP contribution in [0.5, 0.6) is 0 Å². The maximum Gasteiger partial charge on any atom is 0.396 e. The molecule has 2 N–H and O–H groups in total. The van der Waals surface area contributed by atoms with Gasteiger partial charge in [-0.1, -0.05) is 72.3 Å². The van der Waals surface area contributed by atoms with E-state index in [2.05, 4.69) is 0 Å². The first-order valence-corrected chi connectivity index (χ1v) is 9.76. The first-order valence-electron chi connectivity index (χ1n) is 8.15. The van der Waals surface area contributed by atoms with Crippen molar-refractivity contribution in [2.24, 2.45) is 0 Å². The summed E-state index contributed by atoms with van der Waals surface area (Å²) in [5, 5.41) is 0. The topological polar surface area (TPSA) is 74.6 Å². The molecule has 3 aromatic rings. The number of hydrogen-bond donors (Lipinski definition) is 2. The van der Waals surface area contributed by atoms with Crippen LogP contribution < -0.4 is 0 Å². The summed E-state index contributed by atoms with van der Waals surface area (Å²) in [5.41, 5.74) is 3.39. The van der Waals surface area contributed by atoms with Gasteiger partial charge in [0.2, 0.25) is 0 Å². The maximum atomic E-state index is 12.7. The molecule has 0 saturated carbocycles. The Morgan fingerprint density at radius 1 is 0.769 bits per heavy atom. The molecule has 0 aromatic heterocycles. The van der Waals surface area contributed by atoms with Crippen LogP contribution in [0, 0.1) is 13.8 Å². The summed E-state index contributed by atoms with van der Waals surface area (Å²) in [6.07, 6.45) is 0. The highest BCUT2D eigenvalue weighted by Crippen LogP contribution is 2.45. The second kappa shape index (κ2) is 7.00. The van der Waals surface area contributed by atoms with Crippen LogP contribution in [0.4, 0.5) is 0 Å². The van der Waals surface area contributed by atoms with Crippen LogP contribution in [0.2, 0.25) is 0 Å². The number of benzene rings is 3. The quantitative estimate of drug-likeness (QED) is 0.640. The van der Waals surface area contributed by atoms with Gasteiger partial charge in [0.15, 0.2) is 0 Å². The summed E-state index contributed by atoms with van der Waals surface area (Å²) >= 11 is 0. The lowest BCUT2D eigenvalue weighted by atomic mass is 9.90. The van der Waals surface area contributed by atoms with Gasteiger partial charge in [0.05, 0.1) is 0 Å². The van der Waals surface area contributed by atoms with Gasteiger partial charge in [-0.2, -0.15) is 0 Å². The molecule has 3 rings (SSSR count). The zero-order chi connectivity index (χ0) is 18.9. The normalized spacial score (nSPS) is 11.4. The molecule has 0 atom stereocenters. The van der Waals surface area contributed by atoms with Crippen molar-refractivity contribution in [2.75, 3.05) is 0 Å². The van der Waals surface area contributed by atoms with Gasteiger partial charge in [-0.3, -0.25) is 9.36 Å². The van der Waals surface area contributed by atoms with Gasteiger partial charge in [-0.05, 0) is 41.7 Å². The molecule has 3 aromatic carbocycles. The van der Waals surface area contributed by atoms with Crippen molar-refractivity contribution in [1.82, 2.24) is 0 Å². The molecular weight excluding hydrogens is 347 g/mol. The molecule has 5 heteroatoms. The van der Waals surface area contributed by atoms with Gasteiger partial charge < -0.3 is 9.79 Å². The molecule has 0 unspecified atom stereocenters. The van der Waals surface area contributed by atoms with Crippen molar-refractivity contribution in [3.8, 4) is 22.3 Å². The van der Waals surface area contributed by atoms with Crippen LogP contribution in [0.25, 0.3) is 22.3 Å². The summed E-state index contributed by atoms with van der Waals surface area (Å²) in [6.45, 7) is 3.85. The molecule has 0 fully saturated rings. The van der Waals surface area contributed by atoms with Crippen LogP contribution in [-0.4, -0.2) is 15.3 Å². The van der Waals surface area contributed by atoms with Crippen molar-refractivity contribution < 1.29 is 19.1 Å². The van der Waals surface area contributed by atoms with E-state index >= 15 is 0 Å². The first-order chi connectivity index (χ1) is 12.3. The molecule has 0 heterocycles. The number of carbonyl (C=O) groups excluding carboxylic acids is 1. The second-order valence-corrected chi connectivity index (χ2v) is 7.81. The number of aryl methyl sites for hydroxylation is 2. The Balaban J connectivity index is 2.37. The zero-order valence-corrected chi connectivity index (χ0v) is 15.4. The van der Waals surface area contributed by atoms with E-state index in [0.29, 0.717) is 11.1 Å². The van der Waals surface area contributed by atoms with Gasteiger partial charge in [-0.15, -0.1) is 0 Å². The lowest BCUT2D eigenvalue weighted by Gasteiger charge is -2.17. The largest absolute Gasteiger partial charge is 0.396 e. The molecule has 0 saturated heterocycles. The van der Waals surface area contributed by atoms with Crippen LogP contribution in [-0.2, 0) is 4.57 Å². The SMILES string of the molecule is Cc1ccc(-c2cc(C)cc(-c3ccccc3)c2C(=O)P(=O)(O)O)cc1. The fourth-order valence-electron chi connectivity index (χ4n) is 2.97. The predicted molar refractivity (Wildman–Crippen MR) is 103 cm³/mol. The molecule has 0 aliphatic carbocycles. The highest BCUT2D eigenvalue weighted by Gasteiger charge is 2.32. The van der Waals surface area contributed by atoms with E-state index in [4.69, 9.17) is 0 Å². The number of hydrogen-bond acceptors (Lipinski definition) is 2. The van der Waals surface area contributed by atoms with E-state index in [1.165, 1.54) is 0 Å². The summed E-state index contributed by atoms with van der Waals surface area (Å²) in [5.74, 6) is 0. The third kappa shape index (κ3) is 3.68. The Morgan fingerprint density at radius 3 is 1.77 bits per heavy atom. The third-order valence-electron chi connectivity index (χ3n) is 4.21. The second-order valence-electron chi connectivity index (χ2n) is 6.32. The van der Waals surface area contributed by atoms with Crippen LogP contribution >= 0.6 is 7.60 Å². The van der Waals surface area contributed by atoms with Crippen molar-refractivity contribution in [1.29, 1.82) is 0 Å². The molecule has 132 valence electrons. The Labute approximate surface area is 152 Å². The first kappa shape index (κ1) is 18.3. The van der Waals surface area contributed by atoms with E-state index in [1.807, 2.05) is 68.4 Å². The van der Waals surface area contributed by atoms with E-state index in [0.717, 1.165) is 22.3 Å². The number of rotatable bonds is 4. The van der Waals surface area contributed by atoms with Crippen LogP contribution in [0.1, 0.15) is 21.5 Å². The summed E-state index contributed by atoms with van der Waals surface area (Å²) in [7, 11) is -4.94. The summed E-state index contributed by atoms with van der Waals surface area (Å²) in [4.78, 5) is 31.8. The minimum absolute atomic E-state index is 0.0546. The van der Waals surface area contributed by atoms with Gasteiger partial charge >= 0.3 is 7.60 Å². The summed E-state index contributed by atoms with van der Waals surface area (Å²) in [6, 6.07) is 20.3. The minimum atomic E-state index is -4.94. The molecule has 0 spiro atoms. The van der Waals surface area contributed by atoms with Crippen molar-refractivity contribution in [2.45, 2.75) is 13.8 Å². The Bertz CT molecular complexity index is 1000. The molecule has 0 amide bonds. The predicted octanol–water partition coefficient (Wildman–Crippen LogP) is 4.96. The molecule has 0 aliphatic heterocycles. The Hall–Kier alpha value is -2.52. The Morgan fingerprint density at radius 2 is 1.27 bits per heavy atom. The lowest BCUT2D eigenvalue weighted by Crippen LogP contribution is -2.06. The fourth-order valence-corrected chi connectivity index (χ4v) is 3.50. The highest BCUT2D eigenvalue weighted by molar-refractivity contribution is 7.71. The Kier molecular flexibility index (Phi) is 4.92. The molecule has 0 bridgehead atoms. The van der Waals surface area contributed by atoms with Gasteiger partial charge in [0.1, 0.15) is 0 Å². The minimum Gasteiger partial charge on any atom is -0.319 e. The standard InChI is InChI=1S/C21H19O4P/c1-14-8-10-17(11-9-14)19-13-15(2)12-18(16-6-4-3-5-7-16)20(19)21(22)26(23,24)25/h3-13H,1-2H3,(H2,23,24,25). The number of carbonyl (C=O) groups is 1. The third-order valence-corrected chi connectivity index (χ3v) is 4.96. The fraction of sp³-hybridized carbons (Fsp3) is 0.0952. The summed E-state index contributed by atoms with van der Waals surface area (Å²) < 4.78 is 11.8. The maximum absolute atomic E-state index is 12.7. The average Bonchev–Trinajstić information content (AvgIpc) is 2.61. The van der Waals surface area contributed by atoms with E-state index < -0.39 is 13.1 Å². The van der Waals surface area contributed by atoms with Crippen molar-refractivity contribution in [3.63, 3.8) is 0 Å². The average molecular weight is 366 g/mol. The zero-order valence-electron chi connectivity index (χ0n) is 14.5. The lowest BCUT2D eigenvalue weighted by molar-refractivity contribution is 0.104. The van der Waals surface area contributed by atoms with Crippen molar-refractivity contribution >= 4 is 13.1 Å². The smallest absolute Gasteiger partial charge is 0.319 e. The van der Waals surface area contributed by atoms with Crippen LogP contribution in [0.15, 0.2) is 66.7 Å². The van der Waals surface area contributed by atoms with Gasteiger partial charge in [0.25, 0.3) is 5.52 Å². The van der Waals surface area contributed by atoms with E-state index in [-0.39, 0.29) is 5.56 Å². The molecule has 26 heavy (non-hydrogen) atoms. The van der Waals surface area contributed by atoms with Crippen LogP contribution in [0.3, 0.4) is 0 Å². The van der Waals surface area contributed by atoms with E-state index in [9.17, 15) is 19.1 Å². The highest BCUT2D eigenvalue weighted by atomic mass is 31.2. The van der Waals surface area contributed by atoms with Crippen molar-refractivity contribution in [3.05, 3.63) is 83.4 Å². The van der Waals surface area contributed by atoms with Gasteiger partial charge in [-0.25, -0.2) is 0 Å². The molecule has 0 aliphatic rings. The molecular formula is C21H19O4P. The molecule has 4 nitrogen and oxygen atoms in total.